The number of hydrogen-bond donors (Lipinski definition) is 0. The maximum Gasteiger partial charge on any atom is 0.283 e. The van der Waals surface area contributed by atoms with Crippen LogP contribution in [0.1, 0.15) is 36.7 Å². The molecule has 0 unspecified atom stereocenters. The van der Waals surface area contributed by atoms with Gasteiger partial charge in [0.15, 0.2) is 5.03 Å². The quantitative estimate of drug-likeness (QED) is 0.707. The highest BCUT2D eigenvalue weighted by Gasteiger charge is 2.15. The fourth-order valence-corrected chi connectivity index (χ4v) is 3.35. The molecule has 0 amide bonds. The van der Waals surface area contributed by atoms with Gasteiger partial charge in [0.25, 0.3) is 11.3 Å². The summed E-state index contributed by atoms with van der Waals surface area (Å²) in [5.41, 5.74) is 3.11. The third-order valence-electron chi connectivity index (χ3n) is 3.98. The zero-order valence-electron chi connectivity index (χ0n) is 14.3. The van der Waals surface area contributed by atoms with Gasteiger partial charge in [-0.05, 0) is 44.0 Å². The van der Waals surface area contributed by atoms with Crippen molar-refractivity contribution in [3.05, 3.63) is 39.7 Å². The second-order valence-corrected chi connectivity index (χ2v) is 6.68. The van der Waals surface area contributed by atoms with Crippen LogP contribution in [0.5, 0.6) is 0 Å². The lowest BCUT2D eigenvalue weighted by atomic mass is 10.1. The number of aromatic nitrogens is 6. The Morgan fingerprint density at radius 3 is 2.79 bits per heavy atom. The lowest BCUT2D eigenvalue weighted by Crippen LogP contribution is -2.18. The highest BCUT2D eigenvalue weighted by molar-refractivity contribution is 7.99. The van der Waals surface area contributed by atoms with Gasteiger partial charge in [-0.25, -0.2) is 14.5 Å². The summed E-state index contributed by atoms with van der Waals surface area (Å²) in [6, 6.07) is 0. The molecule has 0 radical (unpaired) electrons. The first-order chi connectivity index (χ1) is 11.5. The number of fused-ring (bicyclic) bond motifs is 1. The van der Waals surface area contributed by atoms with E-state index in [1.807, 2.05) is 13.8 Å². The van der Waals surface area contributed by atoms with E-state index < -0.39 is 0 Å². The van der Waals surface area contributed by atoms with E-state index in [4.69, 9.17) is 0 Å². The molecule has 24 heavy (non-hydrogen) atoms. The second kappa shape index (κ2) is 6.72. The van der Waals surface area contributed by atoms with Crippen LogP contribution >= 0.6 is 11.8 Å². The first-order valence-corrected chi connectivity index (χ1v) is 8.75. The Kier molecular flexibility index (Phi) is 4.66. The number of unbranched alkanes of at least 4 members (excludes halogenated alkanes) is 1. The van der Waals surface area contributed by atoms with Gasteiger partial charge in [0.2, 0.25) is 5.16 Å². The molecule has 0 aliphatic heterocycles. The van der Waals surface area contributed by atoms with Crippen molar-refractivity contribution in [3.63, 3.8) is 0 Å². The average Bonchev–Trinajstić information content (AvgIpc) is 2.94. The topological polar surface area (TPSA) is 78.0 Å². The van der Waals surface area contributed by atoms with Gasteiger partial charge in [0.05, 0.1) is 0 Å². The molecule has 3 aromatic rings. The van der Waals surface area contributed by atoms with Crippen molar-refractivity contribution < 1.29 is 0 Å². The Morgan fingerprint density at radius 2 is 2.04 bits per heavy atom. The third kappa shape index (κ3) is 3.06. The molecule has 126 valence electrons. The summed E-state index contributed by atoms with van der Waals surface area (Å²) in [5.74, 6) is 0.556. The Hall–Kier alpha value is -2.22. The minimum absolute atomic E-state index is 0.161. The summed E-state index contributed by atoms with van der Waals surface area (Å²) < 4.78 is 3.25. The standard InChI is InChI=1S/C16H20N6OS/c1-5-6-7-12-10(2)18-15-19-16(20-22(15)11(12)3)24-13-14(23)21(4)9-8-17-13/h8-9H,5-7H2,1-4H3. The van der Waals surface area contributed by atoms with Crippen LogP contribution in [0.25, 0.3) is 5.78 Å². The van der Waals surface area contributed by atoms with Crippen molar-refractivity contribution in [2.75, 3.05) is 0 Å². The van der Waals surface area contributed by atoms with Crippen LogP contribution in [0.3, 0.4) is 0 Å². The fraction of sp³-hybridized carbons (Fsp3) is 0.438. The lowest BCUT2D eigenvalue weighted by Gasteiger charge is -2.09. The lowest BCUT2D eigenvalue weighted by molar-refractivity contribution is 0.753. The van der Waals surface area contributed by atoms with Gasteiger partial charge >= 0.3 is 0 Å². The van der Waals surface area contributed by atoms with Gasteiger partial charge in [-0.15, -0.1) is 5.10 Å². The van der Waals surface area contributed by atoms with Crippen LogP contribution in [0.2, 0.25) is 0 Å². The molecule has 3 aromatic heterocycles. The number of hydrogen-bond acceptors (Lipinski definition) is 6. The highest BCUT2D eigenvalue weighted by atomic mass is 32.2. The number of rotatable bonds is 5. The van der Waals surface area contributed by atoms with Gasteiger partial charge in [-0.3, -0.25) is 4.79 Å². The van der Waals surface area contributed by atoms with E-state index in [0.717, 1.165) is 42.4 Å². The van der Waals surface area contributed by atoms with Crippen LogP contribution in [-0.2, 0) is 13.5 Å². The molecule has 0 saturated carbocycles. The van der Waals surface area contributed by atoms with Gasteiger partial charge in [-0.2, -0.15) is 4.98 Å². The molecule has 7 nitrogen and oxygen atoms in total. The Labute approximate surface area is 144 Å². The predicted molar refractivity (Wildman–Crippen MR) is 92.5 cm³/mol. The number of nitrogens with zero attached hydrogens (tertiary/aromatic N) is 6. The summed E-state index contributed by atoms with van der Waals surface area (Å²) in [5, 5.41) is 5.34. The third-order valence-corrected chi connectivity index (χ3v) is 4.81. The van der Waals surface area contributed by atoms with E-state index >= 15 is 0 Å². The Morgan fingerprint density at radius 1 is 1.25 bits per heavy atom. The molecule has 8 heteroatoms. The predicted octanol–water partition coefficient (Wildman–Crippen LogP) is 2.33. The molecule has 0 N–H and O–H groups in total. The summed E-state index contributed by atoms with van der Waals surface area (Å²) in [6.45, 7) is 6.22. The molecule has 0 aliphatic rings. The van der Waals surface area contributed by atoms with E-state index in [2.05, 4.69) is 27.0 Å². The van der Waals surface area contributed by atoms with Gasteiger partial charge in [0, 0.05) is 30.8 Å². The summed E-state index contributed by atoms with van der Waals surface area (Å²) in [6.07, 6.45) is 6.46. The van der Waals surface area contributed by atoms with Crippen molar-refractivity contribution in [1.82, 2.24) is 29.1 Å². The molecule has 3 rings (SSSR count). The van der Waals surface area contributed by atoms with Gasteiger partial charge < -0.3 is 4.57 Å². The van der Waals surface area contributed by atoms with Crippen LogP contribution < -0.4 is 5.56 Å². The molecule has 0 bridgehead atoms. The van der Waals surface area contributed by atoms with Crippen LogP contribution in [0.15, 0.2) is 27.4 Å². The van der Waals surface area contributed by atoms with Crippen molar-refractivity contribution in [2.24, 2.45) is 7.05 Å². The monoisotopic (exact) mass is 344 g/mol. The Balaban J connectivity index is 2.01. The minimum atomic E-state index is -0.161. The van der Waals surface area contributed by atoms with Crippen molar-refractivity contribution in [3.8, 4) is 0 Å². The SMILES string of the molecule is CCCCc1c(C)nc2nc(Sc3nccn(C)c3=O)nn2c1C. The van der Waals surface area contributed by atoms with Gasteiger partial charge in [-0.1, -0.05) is 13.3 Å². The van der Waals surface area contributed by atoms with Crippen LogP contribution in [0, 0.1) is 13.8 Å². The van der Waals surface area contributed by atoms with Crippen LogP contribution in [-0.4, -0.2) is 29.1 Å². The second-order valence-electron chi connectivity index (χ2n) is 5.72. The molecule has 0 saturated heterocycles. The maximum atomic E-state index is 12.1. The molecule has 0 fully saturated rings. The summed E-state index contributed by atoms with van der Waals surface area (Å²) in [4.78, 5) is 25.2. The van der Waals surface area contributed by atoms with Crippen LogP contribution in [0.4, 0.5) is 0 Å². The average molecular weight is 344 g/mol. The molecule has 0 aromatic carbocycles. The van der Waals surface area contributed by atoms with E-state index in [1.54, 1.807) is 24.0 Å². The fourth-order valence-electron chi connectivity index (χ4n) is 2.58. The minimum Gasteiger partial charge on any atom is -0.315 e. The van der Waals surface area contributed by atoms with E-state index in [0.29, 0.717) is 16.0 Å². The zero-order chi connectivity index (χ0) is 17.3. The molecular formula is C16H20N6OS. The number of aryl methyl sites for hydroxylation is 3. The van der Waals surface area contributed by atoms with Crippen molar-refractivity contribution >= 4 is 17.5 Å². The van der Waals surface area contributed by atoms with Crippen molar-refractivity contribution in [2.45, 2.75) is 50.2 Å². The normalized spacial score (nSPS) is 11.3. The largest absolute Gasteiger partial charge is 0.315 e. The van der Waals surface area contributed by atoms with Gasteiger partial charge in [0.1, 0.15) is 0 Å². The molecule has 0 atom stereocenters. The highest BCUT2D eigenvalue weighted by Crippen LogP contribution is 2.22. The molecule has 0 aliphatic carbocycles. The summed E-state index contributed by atoms with van der Waals surface area (Å²) in [7, 11) is 1.69. The maximum absolute atomic E-state index is 12.1. The summed E-state index contributed by atoms with van der Waals surface area (Å²) >= 11 is 1.16. The molecule has 0 spiro atoms. The first-order valence-electron chi connectivity index (χ1n) is 7.93. The molecular weight excluding hydrogens is 324 g/mol. The first kappa shape index (κ1) is 16.6. The molecule has 3 heterocycles. The van der Waals surface area contributed by atoms with E-state index in [9.17, 15) is 4.79 Å². The zero-order valence-corrected chi connectivity index (χ0v) is 15.1. The smallest absolute Gasteiger partial charge is 0.283 e. The Bertz CT molecular complexity index is 946. The van der Waals surface area contributed by atoms with Crippen molar-refractivity contribution in [1.29, 1.82) is 0 Å². The van der Waals surface area contributed by atoms with E-state index in [-0.39, 0.29) is 5.56 Å². The van der Waals surface area contributed by atoms with E-state index in [1.165, 1.54) is 10.1 Å².